The van der Waals surface area contributed by atoms with Crippen LogP contribution in [0, 0.1) is 28.6 Å². The summed E-state index contributed by atoms with van der Waals surface area (Å²) in [6, 6.07) is 4.01. The topological polar surface area (TPSA) is 47.6 Å². The van der Waals surface area contributed by atoms with Gasteiger partial charge in [-0.25, -0.2) is 0 Å². The SMILES string of the molecule is N#CC(C#N)C1CCC=CS1. The Morgan fingerprint density at radius 2 is 2.18 bits per heavy atom. The van der Waals surface area contributed by atoms with Crippen LogP contribution in [0.1, 0.15) is 12.8 Å². The van der Waals surface area contributed by atoms with Gasteiger partial charge in [0.1, 0.15) is 5.92 Å². The summed E-state index contributed by atoms with van der Waals surface area (Å²) in [5.74, 6) is -0.440. The number of hydrogen-bond acceptors (Lipinski definition) is 3. The normalized spacial score (nSPS) is 22.6. The first-order chi connectivity index (χ1) is 5.38. The number of rotatable bonds is 1. The van der Waals surface area contributed by atoms with Crippen molar-refractivity contribution in [2.45, 2.75) is 18.1 Å². The standard InChI is InChI=1S/C8H8N2S/c9-5-7(6-10)8-3-1-2-4-11-8/h2,4,7-8H,1,3H2. The zero-order valence-electron chi connectivity index (χ0n) is 6.03. The third kappa shape index (κ3) is 2.00. The van der Waals surface area contributed by atoms with E-state index in [-0.39, 0.29) is 5.25 Å². The molecule has 0 aromatic heterocycles. The molecule has 0 fully saturated rings. The Morgan fingerprint density at radius 1 is 1.45 bits per heavy atom. The summed E-state index contributed by atoms with van der Waals surface area (Å²) in [7, 11) is 0. The molecule has 56 valence electrons. The molecular formula is C8H8N2S. The second kappa shape index (κ2) is 4.05. The number of nitriles is 2. The molecule has 1 heterocycles. The van der Waals surface area contributed by atoms with E-state index in [0.717, 1.165) is 12.8 Å². The highest BCUT2D eigenvalue weighted by atomic mass is 32.2. The van der Waals surface area contributed by atoms with Crippen molar-refractivity contribution in [1.82, 2.24) is 0 Å². The molecule has 0 saturated carbocycles. The molecule has 0 aromatic carbocycles. The van der Waals surface area contributed by atoms with Gasteiger partial charge in [0, 0.05) is 5.25 Å². The van der Waals surface area contributed by atoms with Crippen molar-refractivity contribution in [2.75, 3.05) is 0 Å². The van der Waals surface area contributed by atoms with E-state index >= 15 is 0 Å². The maximum atomic E-state index is 8.57. The van der Waals surface area contributed by atoms with Gasteiger partial charge in [0.15, 0.2) is 0 Å². The Hall–Kier alpha value is -0.930. The van der Waals surface area contributed by atoms with Crippen molar-refractivity contribution in [2.24, 2.45) is 5.92 Å². The van der Waals surface area contributed by atoms with Gasteiger partial charge in [-0.05, 0) is 18.2 Å². The smallest absolute Gasteiger partial charge is 0.145 e. The van der Waals surface area contributed by atoms with Crippen LogP contribution in [0.2, 0.25) is 0 Å². The molecule has 1 aliphatic heterocycles. The van der Waals surface area contributed by atoms with Crippen molar-refractivity contribution in [1.29, 1.82) is 10.5 Å². The predicted octanol–water partition coefficient (Wildman–Crippen LogP) is 2.06. The van der Waals surface area contributed by atoms with Crippen LogP contribution < -0.4 is 0 Å². The molecule has 0 spiro atoms. The van der Waals surface area contributed by atoms with Gasteiger partial charge in [-0.1, -0.05) is 6.08 Å². The van der Waals surface area contributed by atoms with Gasteiger partial charge in [-0.15, -0.1) is 11.8 Å². The Balaban J connectivity index is 2.55. The summed E-state index contributed by atoms with van der Waals surface area (Å²) in [4.78, 5) is 0. The summed E-state index contributed by atoms with van der Waals surface area (Å²) in [5, 5.41) is 19.3. The van der Waals surface area contributed by atoms with Crippen molar-refractivity contribution >= 4 is 11.8 Å². The monoisotopic (exact) mass is 164 g/mol. The molecule has 1 rings (SSSR count). The van der Waals surface area contributed by atoms with Gasteiger partial charge in [-0.2, -0.15) is 10.5 Å². The molecule has 0 aromatic rings. The fourth-order valence-corrected chi connectivity index (χ4v) is 1.99. The van der Waals surface area contributed by atoms with Gasteiger partial charge < -0.3 is 0 Å². The number of hydrogen-bond donors (Lipinski definition) is 0. The highest BCUT2D eigenvalue weighted by Crippen LogP contribution is 2.28. The number of thioether (sulfide) groups is 1. The molecule has 3 heteroatoms. The van der Waals surface area contributed by atoms with E-state index < -0.39 is 5.92 Å². The Morgan fingerprint density at radius 3 is 2.64 bits per heavy atom. The van der Waals surface area contributed by atoms with Gasteiger partial charge in [0.05, 0.1) is 12.1 Å². The molecule has 1 unspecified atom stereocenters. The first kappa shape index (κ1) is 8.17. The van der Waals surface area contributed by atoms with Crippen LogP contribution >= 0.6 is 11.8 Å². The fourth-order valence-electron chi connectivity index (χ4n) is 0.993. The minimum atomic E-state index is -0.440. The minimum Gasteiger partial charge on any atom is -0.197 e. The van der Waals surface area contributed by atoms with E-state index in [2.05, 4.69) is 6.08 Å². The first-order valence-corrected chi connectivity index (χ1v) is 4.42. The van der Waals surface area contributed by atoms with Crippen molar-refractivity contribution in [3.63, 3.8) is 0 Å². The summed E-state index contributed by atoms with van der Waals surface area (Å²) < 4.78 is 0. The lowest BCUT2D eigenvalue weighted by atomic mass is 10.0. The lowest BCUT2D eigenvalue weighted by Crippen LogP contribution is -2.14. The third-order valence-corrected chi connectivity index (χ3v) is 2.82. The largest absolute Gasteiger partial charge is 0.197 e. The van der Waals surface area contributed by atoms with E-state index in [1.807, 2.05) is 17.5 Å². The highest BCUT2D eigenvalue weighted by Gasteiger charge is 2.21. The first-order valence-electron chi connectivity index (χ1n) is 3.48. The summed E-state index contributed by atoms with van der Waals surface area (Å²) in [6.07, 6.45) is 4.03. The molecule has 1 aliphatic rings. The number of nitrogens with zero attached hydrogens (tertiary/aromatic N) is 2. The third-order valence-electron chi connectivity index (χ3n) is 1.62. The summed E-state index contributed by atoms with van der Waals surface area (Å²) in [6.45, 7) is 0. The maximum absolute atomic E-state index is 8.57. The van der Waals surface area contributed by atoms with Crippen molar-refractivity contribution in [3.05, 3.63) is 11.5 Å². The zero-order chi connectivity index (χ0) is 8.10. The Kier molecular flexibility index (Phi) is 3.01. The van der Waals surface area contributed by atoms with E-state index in [0.29, 0.717) is 0 Å². The molecule has 0 N–H and O–H groups in total. The summed E-state index contributed by atoms with van der Waals surface area (Å²) in [5.41, 5.74) is 0. The fraction of sp³-hybridized carbons (Fsp3) is 0.500. The van der Waals surface area contributed by atoms with Crippen LogP contribution in [0.3, 0.4) is 0 Å². The van der Waals surface area contributed by atoms with Crippen LogP contribution in [0.5, 0.6) is 0 Å². The van der Waals surface area contributed by atoms with Gasteiger partial charge >= 0.3 is 0 Å². The van der Waals surface area contributed by atoms with E-state index in [9.17, 15) is 0 Å². The maximum Gasteiger partial charge on any atom is 0.145 e. The zero-order valence-corrected chi connectivity index (χ0v) is 6.84. The van der Waals surface area contributed by atoms with Gasteiger partial charge in [0.2, 0.25) is 0 Å². The van der Waals surface area contributed by atoms with E-state index in [1.54, 1.807) is 11.8 Å². The molecule has 0 amide bonds. The second-order valence-corrected chi connectivity index (χ2v) is 3.51. The van der Waals surface area contributed by atoms with Gasteiger partial charge in [0.25, 0.3) is 0 Å². The van der Waals surface area contributed by atoms with Crippen molar-refractivity contribution in [3.8, 4) is 12.1 Å². The molecule has 1 atom stereocenters. The average Bonchev–Trinajstić information content (AvgIpc) is 2.09. The summed E-state index contributed by atoms with van der Waals surface area (Å²) >= 11 is 1.59. The molecule has 11 heavy (non-hydrogen) atoms. The molecule has 0 bridgehead atoms. The molecule has 0 aliphatic carbocycles. The van der Waals surface area contributed by atoms with Crippen LogP contribution in [-0.2, 0) is 0 Å². The molecule has 0 saturated heterocycles. The Labute approximate surface area is 70.5 Å². The second-order valence-electron chi connectivity index (χ2n) is 2.36. The predicted molar refractivity (Wildman–Crippen MR) is 44.5 cm³/mol. The minimum absolute atomic E-state index is 0.190. The van der Waals surface area contributed by atoms with Crippen LogP contribution in [-0.4, -0.2) is 5.25 Å². The molecule has 2 nitrogen and oxygen atoms in total. The lowest BCUT2D eigenvalue weighted by molar-refractivity contribution is 0.696. The molecular weight excluding hydrogens is 156 g/mol. The lowest BCUT2D eigenvalue weighted by Gasteiger charge is -2.16. The van der Waals surface area contributed by atoms with Gasteiger partial charge in [-0.3, -0.25) is 0 Å². The van der Waals surface area contributed by atoms with Crippen LogP contribution in [0.25, 0.3) is 0 Å². The Bertz CT molecular complexity index is 219. The van der Waals surface area contributed by atoms with E-state index in [1.165, 1.54) is 0 Å². The van der Waals surface area contributed by atoms with E-state index in [4.69, 9.17) is 10.5 Å². The highest BCUT2D eigenvalue weighted by molar-refractivity contribution is 8.02. The quantitative estimate of drug-likeness (QED) is 0.596. The van der Waals surface area contributed by atoms with Crippen LogP contribution in [0.15, 0.2) is 11.5 Å². The average molecular weight is 164 g/mol. The van der Waals surface area contributed by atoms with Crippen molar-refractivity contribution < 1.29 is 0 Å². The van der Waals surface area contributed by atoms with Crippen LogP contribution in [0.4, 0.5) is 0 Å². The number of allylic oxidation sites excluding steroid dienone is 1. The molecule has 0 radical (unpaired) electrons.